The number of rotatable bonds is 5. The van der Waals surface area contributed by atoms with Gasteiger partial charge in [0.15, 0.2) is 5.82 Å². The van der Waals surface area contributed by atoms with E-state index >= 15 is 0 Å². The molecule has 1 N–H and O–H groups in total. The molecule has 0 unspecified atom stereocenters. The lowest BCUT2D eigenvalue weighted by Crippen LogP contribution is -2.60. The van der Waals surface area contributed by atoms with E-state index in [2.05, 4.69) is 20.4 Å². The van der Waals surface area contributed by atoms with Gasteiger partial charge in [-0.25, -0.2) is 0 Å². The van der Waals surface area contributed by atoms with Crippen LogP contribution in [-0.4, -0.2) is 39.6 Å². The highest BCUT2D eigenvalue weighted by Gasteiger charge is 2.44. The highest BCUT2D eigenvalue weighted by molar-refractivity contribution is 5.86. The predicted molar refractivity (Wildman–Crippen MR) is 94.0 cm³/mol. The number of hydrogen-bond donors (Lipinski definition) is 1. The largest absolute Gasteiger partial charge is 0.347 e. The first-order chi connectivity index (χ1) is 12.3. The Morgan fingerprint density at radius 3 is 2.48 bits per heavy atom. The smallest absolute Gasteiger partial charge is 0.240 e. The molecule has 3 fully saturated rings. The Hall–Kier alpha value is -1.43. The minimum Gasteiger partial charge on any atom is -0.347 e. The number of carbonyl (C=O) groups is 1. The van der Waals surface area contributed by atoms with Gasteiger partial charge in [0.1, 0.15) is 5.54 Å². The van der Waals surface area contributed by atoms with Crippen LogP contribution in [0.4, 0.5) is 0 Å². The summed E-state index contributed by atoms with van der Waals surface area (Å²) in [7, 11) is 0. The minimum absolute atomic E-state index is 0.170. The van der Waals surface area contributed by atoms with Gasteiger partial charge >= 0.3 is 0 Å². The van der Waals surface area contributed by atoms with Gasteiger partial charge in [-0.15, -0.1) is 0 Å². The number of amides is 1. The van der Waals surface area contributed by atoms with Crippen molar-refractivity contribution in [2.75, 3.05) is 13.1 Å². The molecular weight excluding hydrogens is 316 g/mol. The fourth-order valence-electron chi connectivity index (χ4n) is 4.63. The highest BCUT2D eigenvalue weighted by atomic mass is 16.5. The maximum Gasteiger partial charge on any atom is 0.240 e. The summed E-state index contributed by atoms with van der Waals surface area (Å²) in [6, 6.07) is 0. The molecule has 138 valence electrons. The molecule has 4 rings (SSSR count). The molecule has 25 heavy (non-hydrogen) atoms. The molecule has 0 aromatic carbocycles. The second-order valence-corrected chi connectivity index (χ2v) is 8.00. The molecule has 3 aliphatic rings. The quantitative estimate of drug-likeness (QED) is 0.887. The van der Waals surface area contributed by atoms with E-state index in [0.29, 0.717) is 18.3 Å². The van der Waals surface area contributed by atoms with Crippen molar-refractivity contribution in [2.45, 2.75) is 88.6 Å². The molecular formula is C19H30N4O2. The first-order valence-corrected chi connectivity index (χ1v) is 10.1. The monoisotopic (exact) mass is 346 g/mol. The molecule has 2 saturated carbocycles. The molecule has 6 heteroatoms. The van der Waals surface area contributed by atoms with Crippen LogP contribution in [0.15, 0.2) is 4.52 Å². The minimum atomic E-state index is -0.306. The van der Waals surface area contributed by atoms with E-state index in [0.717, 1.165) is 57.5 Å². The van der Waals surface area contributed by atoms with Gasteiger partial charge in [-0.1, -0.05) is 37.3 Å². The lowest BCUT2D eigenvalue weighted by molar-refractivity contribution is -0.137. The lowest BCUT2D eigenvalue weighted by Gasteiger charge is -2.46. The van der Waals surface area contributed by atoms with Crippen LogP contribution < -0.4 is 5.32 Å². The maximum absolute atomic E-state index is 13.2. The third-order valence-corrected chi connectivity index (χ3v) is 6.41. The molecule has 1 amide bonds. The van der Waals surface area contributed by atoms with E-state index < -0.39 is 0 Å². The SMILES string of the molecule is O=C(NCc1noc(C2CCC2)n1)C1(N2CCCCC2)CCCCC1. The Morgan fingerprint density at radius 1 is 1.08 bits per heavy atom. The topological polar surface area (TPSA) is 71.3 Å². The Balaban J connectivity index is 1.40. The van der Waals surface area contributed by atoms with Crippen molar-refractivity contribution >= 4 is 5.91 Å². The summed E-state index contributed by atoms with van der Waals surface area (Å²) in [5, 5.41) is 7.19. The molecule has 2 aliphatic carbocycles. The van der Waals surface area contributed by atoms with Gasteiger partial charge in [0.05, 0.1) is 6.54 Å². The van der Waals surface area contributed by atoms with Crippen molar-refractivity contribution in [2.24, 2.45) is 0 Å². The van der Waals surface area contributed by atoms with Crippen LogP contribution in [0.3, 0.4) is 0 Å². The Morgan fingerprint density at radius 2 is 1.80 bits per heavy atom. The highest BCUT2D eigenvalue weighted by Crippen LogP contribution is 2.36. The fraction of sp³-hybridized carbons (Fsp3) is 0.842. The van der Waals surface area contributed by atoms with Crippen LogP contribution in [-0.2, 0) is 11.3 Å². The third kappa shape index (κ3) is 3.46. The van der Waals surface area contributed by atoms with Gasteiger partial charge in [-0.2, -0.15) is 4.98 Å². The molecule has 0 spiro atoms. The zero-order chi connectivity index (χ0) is 17.1. The van der Waals surface area contributed by atoms with E-state index in [-0.39, 0.29) is 11.4 Å². The first kappa shape index (κ1) is 17.0. The van der Waals surface area contributed by atoms with E-state index in [1.54, 1.807) is 0 Å². The summed E-state index contributed by atoms with van der Waals surface area (Å²) in [5.41, 5.74) is -0.306. The van der Waals surface area contributed by atoms with E-state index in [4.69, 9.17) is 4.52 Å². The Kier molecular flexibility index (Phi) is 5.06. The van der Waals surface area contributed by atoms with E-state index in [1.807, 2.05) is 0 Å². The fourth-order valence-corrected chi connectivity index (χ4v) is 4.63. The van der Waals surface area contributed by atoms with Crippen molar-refractivity contribution in [1.29, 1.82) is 0 Å². The maximum atomic E-state index is 13.2. The first-order valence-electron chi connectivity index (χ1n) is 10.1. The van der Waals surface area contributed by atoms with Crippen LogP contribution in [0.25, 0.3) is 0 Å². The summed E-state index contributed by atoms with van der Waals surface area (Å²) in [6.07, 6.45) is 12.8. The Bertz CT molecular complexity index is 584. The summed E-state index contributed by atoms with van der Waals surface area (Å²) >= 11 is 0. The third-order valence-electron chi connectivity index (χ3n) is 6.41. The van der Waals surface area contributed by atoms with Crippen molar-refractivity contribution in [3.63, 3.8) is 0 Å². The number of aromatic nitrogens is 2. The van der Waals surface area contributed by atoms with Gasteiger partial charge in [-0.3, -0.25) is 9.69 Å². The molecule has 1 aromatic heterocycles. The predicted octanol–water partition coefficient (Wildman–Crippen LogP) is 3.14. The summed E-state index contributed by atoms with van der Waals surface area (Å²) in [5.74, 6) is 1.97. The van der Waals surface area contributed by atoms with Gasteiger partial charge in [0, 0.05) is 5.92 Å². The van der Waals surface area contributed by atoms with Crippen LogP contribution >= 0.6 is 0 Å². The van der Waals surface area contributed by atoms with Crippen LogP contribution in [0.5, 0.6) is 0 Å². The van der Waals surface area contributed by atoms with Gasteiger partial charge < -0.3 is 9.84 Å². The van der Waals surface area contributed by atoms with Gasteiger partial charge in [-0.05, 0) is 51.6 Å². The normalized spacial score (nSPS) is 24.6. The number of piperidine rings is 1. The molecule has 1 saturated heterocycles. The average molecular weight is 346 g/mol. The zero-order valence-electron chi connectivity index (χ0n) is 15.1. The molecule has 0 radical (unpaired) electrons. The lowest BCUT2D eigenvalue weighted by atomic mass is 9.78. The van der Waals surface area contributed by atoms with Crippen molar-refractivity contribution < 1.29 is 9.32 Å². The molecule has 6 nitrogen and oxygen atoms in total. The number of nitrogens with zero attached hydrogens (tertiary/aromatic N) is 3. The molecule has 2 heterocycles. The van der Waals surface area contributed by atoms with Crippen molar-refractivity contribution in [1.82, 2.24) is 20.4 Å². The molecule has 1 aliphatic heterocycles. The number of nitrogens with one attached hydrogen (secondary N) is 1. The van der Waals surface area contributed by atoms with Crippen LogP contribution in [0.1, 0.15) is 88.3 Å². The summed E-state index contributed by atoms with van der Waals surface area (Å²) in [4.78, 5) is 20.1. The average Bonchev–Trinajstić information content (AvgIpc) is 3.08. The second kappa shape index (κ2) is 7.44. The standard InChI is InChI=1S/C19H30N4O2/c24-18(20-14-16-21-17(25-22-16)15-8-7-9-15)19(10-3-1-4-11-19)23-12-5-2-6-13-23/h15H,1-14H2,(H,20,24). The van der Waals surface area contributed by atoms with Gasteiger partial charge in [0.25, 0.3) is 0 Å². The molecule has 1 aromatic rings. The number of likely N-dealkylation sites (tertiary alicyclic amines) is 1. The Labute approximate surface area is 149 Å². The number of hydrogen-bond acceptors (Lipinski definition) is 5. The van der Waals surface area contributed by atoms with Crippen molar-refractivity contribution in [3.05, 3.63) is 11.7 Å². The van der Waals surface area contributed by atoms with Crippen LogP contribution in [0.2, 0.25) is 0 Å². The summed E-state index contributed by atoms with van der Waals surface area (Å²) in [6.45, 7) is 2.49. The van der Waals surface area contributed by atoms with Crippen LogP contribution in [0, 0.1) is 0 Å². The van der Waals surface area contributed by atoms with Crippen molar-refractivity contribution in [3.8, 4) is 0 Å². The number of carbonyl (C=O) groups excluding carboxylic acids is 1. The second-order valence-electron chi connectivity index (χ2n) is 8.00. The zero-order valence-corrected chi connectivity index (χ0v) is 15.1. The molecule has 0 atom stereocenters. The van der Waals surface area contributed by atoms with E-state index in [1.165, 1.54) is 32.1 Å². The summed E-state index contributed by atoms with van der Waals surface area (Å²) < 4.78 is 5.36. The van der Waals surface area contributed by atoms with Gasteiger partial charge in [0.2, 0.25) is 11.8 Å². The molecule has 0 bridgehead atoms. The van der Waals surface area contributed by atoms with E-state index in [9.17, 15) is 4.79 Å².